The molecule has 8 nitrogen and oxygen atoms in total. The summed E-state index contributed by atoms with van der Waals surface area (Å²) in [6, 6.07) is 10.2. The van der Waals surface area contributed by atoms with E-state index in [-0.39, 0.29) is 11.8 Å². The number of aromatic nitrogens is 5. The van der Waals surface area contributed by atoms with Crippen molar-refractivity contribution in [3.63, 3.8) is 0 Å². The van der Waals surface area contributed by atoms with Gasteiger partial charge in [-0.1, -0.05) is 18.2 Å². The zero-order valence-electron chi connectivity index (χ0n) is 16.1. The number of imidazole rings is 1. The number of benzene rings is 1. The second kappa shape index (κ2) is 6.88. The second-order valence-corrected chi connectivity index (χ2v) is 7.59. The molecule has 0 saturated heterocycles. The average Bonchev–Trinajstić information content (AvgIpc) is 3.35. The molecule has 8 heteroatoms. The largest absolute Gasteiger partial charge is 0.481 e. The predicted octanol–water partition coefficient (Wildman–Crippen LogP) is 3.67. The maximum atomic E-state index is 11.3. The van der Waals surface area contributed by atoms with Gasteiger partial charge < -0.3 is 15.4 Å². The molecule has 1 aromatic carbocycles. The highest BCUT2D eigenvalue weighted by molar-refractivity contribution is 5.91. The van der Waals surface area contributed by atoms with Crippen molar-refractivity contribution in [3.8, 4) is 11.4 Å². The summed E-state index contributed by atoms with van der Waals surface area (Å²) in [5.74, 6) is 0.807. The summed E-state index contributed by atoms with van der Waals surface area (Å²) in [4.78, 5) is 24.2. The van der Waals surface area contributed by atoms with E-state index in [4.69, 9.17) is 4.98 Å². The number of hydrogen-bond donors (Lipinski definition) is 3. The number of fused-ring (bicyclic) bond motifs is 2. The highest BCUT2D eigenvalue weighted by atomic mass is 16.4. The van der Waals surface area contributed by atoms with E-state index in [1.54, 1.807) is 0 Å². The minimum Gasteiger partial charge on any atom is -0.481 e. The molecule has 4 aromatic rings. The molecular formula is C21H22N6O2. The van der Waals surface area contributed by atoms with Gasteiger partial charge in [-0.15, -0.1) is 0 Å². The number of carbonyl (C=O) groups is 1. The van der Waals surface area contributed by atoms with Gasteiger partial charge in [0, 0.05) is 23.9 Å². The van der Waals surface area contributed by atoms with E-state index in [1.165, 1.54) is 6.33 Å². The first-order chi connectivity index (χ1) is 14.2. The Morgan fingerprint density at radius 3 is 2.76 bits per heavy atom. The summed E-state index contributed by atoms with van der Waals surface area (Å²) in [7, 11) is 1.84. The van der Waals surface area contributed by atoms with Gasteiger partial charge in [0.15, 0.2) is 5.82 Å². The van der Waals surface area contributed by atoms with E-state index in [0.29, 0.717) is 18.7 Å². The van der Waals surface area contributed by atoms with Crippen molar-refractivity contribution in [3.05, 3.63) is 42.5 Å². The number of anilines is 1. The molecule has 0 radical (unpaired) electrons. The quantitative estimate of drug-likeness (QED) is 0.491. The number of aliphatic carboxylic acids is 1. The lowest BCUT2D eigenvalue weighted by Crippen LogP contribution is -2.21. The highest BCUT2D eigenvalue weighted by Gasteiger charge is 2.31. The molecule has 0 unspecified atom stereocenters. The third-order valence-electron chi connectivity index (χ3n) is 5.92. The lowest BCUT2D eigenvalue weighted by atomic mass is 9.82. The number of H-pyrrole nitrogens is 1. The second-order valence-electron chi connectivity index (χ2n) is 7.59. The Kier molecular flexibility index (Phi) is 4.19. The summed E-state index contributed by atoms with van der Waals surface area (Å²) in [6.07, 6.45) is 4.45. The number of carboxylic acid groups (broad SMARTS) is 1. The molecule has 29 heavy (non-hydrogen) atoms. The minimum absolute atomic E-state index is 0.177. The van der Waals surface area contributed by atoms with Crippen LogP contribution in [0.1, 0.15) is 37.4 Å². The topological polar surface area (TPSA) is 108 Å². The van der Waals surface area contributed by atoms with Crippen molar-refractivity contribution in [1.29, 1.82) is 0 Å². The number of aromatic amines is 1. The molecular weight excluding hydrogens is 368 g/mol. The third-order valence-corrected chi connectivity index (χ3v) is 5.92. The van der Waals surface area contributed by atoms with Crippen molar-refractivity contribution < 1.29 is 9.90 Å². The molecule has 3 aromatic heterocycles. The molecule has 1 fully saturated rings. The molecule has 1 aliphatic carbocycles. The van der Waals surface area contributed by atoms with Gasteiger partial charge in [-0.25, -0.2) is 14.5 Å². The Morgan fingerprint density at radius 1 is 1.24 bits per heavy atom. The first kappa shape index (κ1) is 17.7. The van der Waals surface area contributed by atoms with Crippen LogP contribution in [-0.2, 0) is 4.79 Å². The molecule has 148 valence electrons. The molecule has 0 bridgehead atoms. The average molecular weight is 390 g/mol. The van der Waals surface area contributed by atoms with Crippen LogP contribution in [0.5, 0.6) is 0 Å². The molecule has 1 saturated carbocycles. The van der Waals surface area contributed by atoms with Crippen molar-refractivity contribution >= 4 is 28.2 Å². The maximum Gasteiger partial charge on any atom is 0.306 e. The van der Waals surface area contributed by atoms with E-state index in [0.717, 1.165) is 46.5 Å². The number of hydrogen-bond acceptors (Lipinski definition) is 5. The Morgan fingerprint density at radius 2 is 2.03 bits per heavy atom. The van der Waals surface area contributed by atoms with Gasteiger partial charge in [0.2, 0.25) is 0 Å². The van der Waals surface area contributed by atoms with E-state index in [9.17, 15) is 9.90 Å². The molecule has 5 rings (SSSR count). The van der Waals surface area contributed by atoms with Crippen LogP contribution < -0.4 is 5.32 Å². The van der Waals surface area contributed by atoms with Crippen LogP contribution in [0.15, 0.2) is 36.7 Å². The zero-order valence-corrected chi connectivity index (χ0v) is 16.1. The molecule has 0 aliphatic heterocycles. The van der Waals surface area contributed by atoms with Crippen molar-refractivity contribution in [2.45, 2.75) is 31.6 Å². The van der Waals surface area contributed by atoms with E-state index in [1.807, 2.05) is 29.8 Å². The van der Waals surface area contributed by atoms with Crippen molar-refractivity contribution in [2.75, 3.05) is 12.4 Å². The van der Waals surface area contributed by atoms with Gasteiger partial charge in [-0.2, -0.15) is 5.10 Å². The summed E-state index contributed by atoms with van der Waals surface area (Å²) < 4.78 is 1.87. The van der Waals surface area contributed by atoms with Crippen LogP contribution in [0.3, 0.4) is 0 Å². The fourth-order valence-electron chi connectivity index (χ4n) is 4.39. The normalized spacial score (nSPS) is 19.6. The fraction of sp³-hybridized carbons (Fsp3) is 0.333. The summed E-state index contributed by atoms with van der Waals surface area (Å²) in [6.45, 7) is 0. The van der Waals surface area contributed by atoms with Gasteiger partial charge in [0.25, 0.3) is 0 Å². The van der Waals surface area contributed by atoms with Crippen LogP contribution in [-0.4, -0.2) is 42.7 Å². The van der Waals surface area contributed by atoms with Gasteiger partial charge in [-0.05, 0) is 37.8 Å². The van der Waals surface area contributed by atoms with Crippen LogP contribution in [0.2, 0.25) is 0 Å². The number of rotatable bonds is 4. The van der Waals surface area contributed by atoms with Crippen LogP contribution in [0.4, 0.5) is 5.82 Å². The predicted molar refractivity (Wildman–Crippen MR) is 110 cm³/mol. The summed E-state index contributed by atoms with van der Waals surface area (Å²) in [5.41, 5.74) is 3.61. The molecule has 1 aliphatic rings. The SMILES string of the molecule is CNc1ncnn2c(C3CCC(C(=O)O)CC3)nc(-c3cc4ccccc4[nH]3)c12. The standard InChI is InChI=1S/C21H22N6O2/c1-22-19-18-17(16-10-14-4-2-3-5-15(14)25-16)26-20(27(18)24-11-23-19)12-6-8-13(9-7-12)21(28)29/h2-5,10-13,25H,6-9H2,1H3,(H,28,29)(H,22,23,24). The van der Waals surface area contributed by atoms with Crippen molar-refractivity contribution in [2.24, 2.45) is 5.92 Å². The lowest BCUT2D eigenvalue weighted by molar-refractivity contribution is -0.142. The van der Waals surface area contributed by atoms with E-state index >= 15 is 0 Å². The van der Waals surface area contributed by atoms with Gasteiger partial charge in [-0.3, -0.25) is 4.79 Å². The monoisotopic (exact) mass is 390 g/mol. The lowest BCUT2D eigenvalue weighted by Gasteiger charge is -2.24. The highest BCUT2D eigenvalue weighted by Crippen LogP contribution is 2.38. The Labute approximate surface area is 167 Å². The fourth-order valence-corrected chi connectivity index (χ4v) is 4.39. The van der Waals surface area contributed by atoms with Crippen LogP contribution in [0, 0.1) is 5.92 Å². The Balaban J connectivity index is 1.64. The maximum absolute atomic E-state index is 11.3. The smallest absolute Gasteiger partial charge is 0.306 e. The number of carboxylic acids is 1. The van der Waals surface area contributed by atoms with Gasteiger partial charge in [0.1, 0.15) is 23.4 Å². The van der Waals surface area contributed by atoms with Gasteiger partial charge in [0.05, 0.1) is 11.6 Å². The Hall–Kier alpha value is -3.42. The summed E-state index contributed by atoms with van der Waals surface area (Å²) >= 11 is 0. The van der Waals surface area contributed by atoms with Crippen LogP contribution in [0.25, 0.3) is 27.8 Å². The third kappa shape index (κ3) is 2.91. The molecule has 3 heterocycles. The minimum atomic E-state index is -0.699. The van der Waals surface area contributed by atoms with Gasteiger partial charge >= 0.3 is 5.97 Å². The summed E-state index contributed by atoms with van der Waals surface area (Å²) in [5, 5.41) is 18.1. The number of nitrogens with zero attached hydrogens (tertiary/aromatic N) is 4. The number of para-hydroxylation sites is 1. The van der Waals surface area contributed by atoms with Crippen LogP contribution >= 0.6 is 0 Å². The zero-order chi connectivity index (χ0) is 20.0. The number of nitrogens with one attached hydrogen (secondary N) is 2. The molecule has 0 spiro atoms. The molecule has 0 atom stereocenters. The van der Waals surface area contributed by atoms with E-state index < -0.39 is 5.97 Å². The van der Waals surface area contributed by atoms with E-state index in [2.05, 4.69) is 32.5 Å². The van der Waals surface area contributed by atoms with Crippen molar-refractivity contribution in [1.82, 2.24) is 24.6 Å². The first-order valence-corrected chi connectivity index (χ1v) is 9.88. The molecule has 0 amide bonds. The Bertz CT molecular complexity index is 1170. The first-order valence-electron chi connectivity index (χ1n) is 9.88. The molecule has 3 N–H and O–H groups in total.